The van der Waals surface area contributed by atoms with Crippen molar-refractivity contribution in [2.75, 3.05) is 6.54 Å². The summed E-state index contributed by atoms with van der Waals surface area (Å²) in [5, 5.41) is -0.216. The first-order valence-electron chi connectivity index (χ1n) is 7.93. The highest BCUT2D eigenvalue weighted by Crippen LogP contribution is 2.51. The second kappa shape index (κ2) is 11.1. The van der Waals surface area contributed by atoms with Crippen molar-refractivity contribution in [1.82, 2.24) is 5.32 Å². The van der Waals surface area contributed by atoms with E-state index in [-0.39, 0.29) is 13.0 Å². The number of hydrogen-bond acceptors (Lipinski definition) is 7. The molecule has 0 fully saturated rings. The Morgan fingerprint density at radius 2 is 1.48 bits per heavy atom. The quantitative estimate of drug-likeness (QED) is 0.386. The lowest BCUT2D eigenvalue weighted by Crippen LogP contribution is -2.36. The van der Waals surface area contributed by atoms with Crippen molar-refractivity contribution in [1.29, 1.82) is 0 Å². The van der Waals surface area contributed by atoms with Gasteiger partial charge < -0.3 is 34.0 Å². The third-order valence-corrected chi connectivity index (χ3v) is 7.08. The van der Waals surface area contributed by atoms with Crippen LogP contribution in [0.1, 0.15) is 52.9 Å². The minimum atomic E-state index is -5.56. The predicted molar refractivity (Wildman–Crippen MR) is 88.3 cm³/mol. The van der Waals surface area contributed by atoms with Gasteiger partial charge in [-0.2, -0.15) is 0 Å². The molecule has 0 spiro atoms. The van der Waals surface area contributed by atoms with Crippen LogP contribution in [0, 0.1) is 0 Å². The summed E-state index contributed by atoms with van der Waals surface area (Å²) in [6, 6.07) is 0. The van der Waals surface area contributed by atoms with Gasteiger partial charge in [0.15, 0.2) is 0 Å². The van der Waals surface area contributed by atoms with Crippen LogP contribution in [-0.2, 0) is 13.9 Å². The van der Waals surface area contributed by atoms with Gasteiger partial charge in [0.1, 0.15) is 0 Å². The van der Waals surface area contributed by atoms with Crippen LogP contribution in [0.2, 0.25) is 0 Å². The predicted octanol–water partition coefficient (Wildman–Crippen LogP) is 0.119. The average molecular weight is 393 g/mol. The van der Waals surface area contributed by atoms with E-state index in [4.69, 9.17) is 0 Å². The number of nitrogens with one attached hydrogen (secondary N) is 1. The second-order valence-electron chi connectivity index (χ2n) is 6.11. The number of rotatable bonds is 11. The number of carbonyl (C=O) groups is 1. The Balaban J connectivity index is 4.22. The van der Waals surface area contributed by atoms with Crippen LogP contribution < -0.4 is 24.9 Å². The highest BCUT2D eigenvalue weighted by atomic mass is 31.2. The average Bonchev–Trinajstić information content (AvgIpc) is 2.40. The van der Waals surface area contributed by atoms with Crippen LogP contribution in [0.15, 0.2) is 23.3 Å². The molecule has 0 bridgehead atoms. The molecule has 0 heterocycles. The fraction of sp³-hybridized carbons (Fsp3) is 0.667. The van der Waals surface area contributed by atoms with Gasteiger partial charge in [-0.1, -0.05) is 38.5 Å². The minimum Gasteiger partial charge on any atom is -0.810 e. The smallest absolute Gasteiger partial charge is 0.220 e. The van der Waals surface area contributed by atoms with E-state index in [0.717, 1.165) is 18.4 Å². The van der Waals surface area contributed by atoms with E-state index in [1.165, 1.54) is 5.57 Å². The number of hydrogen-bond donors (Lipinski definition) is 1. The molecule has 1 amide bonds. The summed E-state index contributed by atoms with van der Waals surface area (Å²) >= 11 is 0. The highest BCUT2D eigenvalue weighted by molar-refractivity contribution is 7.68. The molecule has 0 rings (SSSR count). The van der Waals surface area contributed by atoms with E-state index < -0.39 is 32.9 Å². The van der Waals surface area contributed by atoms with Crippen LogP contribution in [0.25, 0.3) is 0 Å². The van der Waals surface area contributed by atoms with Crippen LogP contribution in [0.5, 0.6) is 0 Å². The monoisotopic (exact) mass is 393 g/mol. The highest BCUT2D eigenvalue weighted by Gasteiger charge is 2.17. The fourth-order valence-electron chi connectivity index (χ4n) is 2.06. The molecule has 0 aliphatic heterocycles. The summed E-state index contributed by atoms with van der Waals surface area (Å²) in [7, 11) is -11.1. The van der Waals surface area contributed by atoms with Crippen molar-refractivity contribution >= 4 is 21.1 Å². The molecular formula is C15H25NO7P2-4. The SMILES string of the molecule is CC(C)=CCC/C(C)=C/CCC(=O)NCCC(P(=O)([O-])[O-])P(=O)([O-])[O-]. The first kappa shape index (κ1) is 24.2. The first-order valence-corrected chi connectivity index (χ1v) is 11.2. The lowest BCUT2D eigenvalue weighted by atomic mass is 10.1. The molecule has 8 nitrogen and oxygen atoms in total. The fourth-order valence-corrected chi connectivity index (χ4v) is 4.34. The Labute approximate surface area is 148 Å². The molecule has 0 aromatic rings. The van der Waals surface area contributed by atoms with E-state index in [0.29, 0.717) is 6.42 Å². The first-order chi connectivity index (χ1) is 11.3. The Morgan fingerprint density at radius 1 is 0.960 bits per heavy atom. The van der Waals surface area contributed by atoms with Crippen LogP contribution in [-0.4, -0.2) is 17.9 Å². The summed E-state index contributed by atoms with van der Waals surface area (Å²) in [5.41, 5.74) is 2.38. The van der Waals surface area contributed by atoms with E-state index in [1.807, 2.05) is 26.8 Å². The van der Waals surface area contributed by atoms with Crippen molar-refractivity contribution in [2.24, 2.45) is 0 Å². The topological polar surface area (TPSA) is 155 Å². The summed E-state index contributed by atoms with van der Waals surface area (Å²) in [6.45, 7) is 5.63. The zero-order valence-corrected chi connectivity index (χ0v) is 16.5. The Bertz CT molecular complexity index is 563. The Morgan fingerprint density at radius 3 is 1.96 bits per heavy atom. The summed E-state index contributed by atoms with van der Waals surface area (Å²) < 4.78 is 21.6. The van der Waals surface area contributed by atoms with Gasteiger partial charge in [0, 0.05) is 18.4 Å². The van der Waals surface area contributed by atoms with Crippen molar-refractivity contribution in [3.63, 3.8) is 0 Å². The van der Waals surface area contributed by atoms with E-state index in [9.17, 15) is 33.5 Å². The lowest BCUT2D eigenvalue weighted by molar-refractivity contribution is -0.330. The Kier molecular flexibility index (Phi) is 10.7. The second-order valence-corrected chi connectivity index (χ2v) is 9.92. The third-order valence-electron chi connectivity index (χ3n) is 3.41. The molecule has 10 heteroatoms. The molecular weight excluding hydrogens is 368 g/mol. The molecule has 25 heavy (non-hydrogen) atoms. The van der Waals surface area contributed by atoms with E-state index in [2.05, 4.69) is 11.4 Å². The van der Waals surface area contributed by atoms with Crippen molar-refractivity contribution in [3.05, 3.63) is 23.3 Å². The zero-order valence-electron chi connectivity index (χ0n) is 14.7. The van der Waals surface area contributed by atoms with Crippen molar-refractivity contribution in [3.8, 4) is 0 Å². The minimum absolute atomic E-state index is 0.142. The van der Waals surface area contributed by atoms with Crippen molar-refractivity contribution in [2.45, 2.75) is 58.3 Å². The summed E-state index contributed by atoms with van der Waals surface area (Å²) in [5.74, 6) is -0.412. The van der Waals surface area contributed by atoms with Crippen LogP contribution in [0.4, 0.5) is 0 Å². The molecule has 0 saturated heterocycles. The van der Waals surface area contributed by atoms with Gasteiger partial charge in [-0.3, -0.25) is 4.79 Å². The van der Waals surface area contributed by atoms with Crippen molar-refractivity contribution < 1.29 is 33.5 Å². The maximum Gasteiger partial charge on any atom is 0.220 e. The third kappa shape index (κ3) is 12.3. The number of allylic oxidation sites excluding steroid dienone is 4. The van der Waals surface area contributed by atoms with Crippen LogP contribution >= 0.6 is 15.2 Å². The van der Waals surface area contributed by atoms with E-state index >= 15 is 0 Å². The molecule has 0 aromatic heterocycles. The molecule has 0 aromatic carbocycles. The molecule has 0 unspecified atom stereocenters. The molecule has 0 aliphatic rings. The molecule has 0 radical (unpaired) electrons. The molecule has 0 saturated carbocycles. The molecule has 0 atom stereocenters. The molecule has 0 aliphatic carbocycles. The van der Waals surface area contributed by atoms with Crippen LogP contribution in [0.3, 0.4) is 0 Å². The van der Waals surface area contributed by atoms with Gasteiger partial charge in [-0.15, -0.1) is 0 Å². The summed E-state index contributed by atoms with van der Waals surface area (Å²) in [4.78, 5) is 54.8. The summed E-state index contributed by atoms with van der Waals surface area (Å²) in [6.07, 6.45) is 5.75. The Hall–Kier alpha value is -0.750. The van der Waals surface area contributed by atoms with Gasteiger partial charge in [0.25, 0.3) is 0 Å². The molecule has 1 N–H and O–H groups in total. The van der Waals surface area contributed by atoms with Gasteiger partial charge in [0.2, 0.25) is 5.91 Å². The number of amides is 1. The van der Waals surface area contributed by atoms with Gasteiger partial charge in [-0.05, 0) is 46.5 Å². The van der Waals surface area contributed by atoms with Gasteiger partial charge >= 0.3 is 0 Å². The van der Waals surface area contributed by atoms with Gasteiger partial charge in [-0.25, -0.2) is 0 Å². The standard InChI is InChI=1S/C15H29NO7P2/c1-12(2)6-4-7-13(3)8-5-9-14(17)16-11-10-15(24(18,19)20)25(21,22)23/h6,8,15H,4-5,7,9-11H2,1-3H3,(H,16,17)(H2,18,19,20)(H2,21,22,23)/p-4/b13-8+. The van der Waals surface area contributed by atoms with Gasteiger partial charge in [0.05, 0.1) is 0 Å². The number of carbonyl (C=O) groups excluding carboxylic acids is 1. The zero-order chi connectivity index (χ0) is 19.7. The maximum atomic E-state index is 11.6. The lowest BCUT2D eigenvalue weighted by Gasteiger charge is -2.49. The normalized spacial score (nSPS) is 13.0. The maximum absolute atomic E-state index is 11.6. The van der Waals surface area contributed by atoms with E-state index in [1.54, 1.807) is 0 Å². The largest absolute Gasteiger partial charge is 0.810 e. The molecule has 146 valence electrons.